The molecule has 0 aliphatic carbocycles. The van der Waals surface area contributed by atoms with Gasteiger partial charge in [0.1, 0.15) is 11.5 Å². The van der Waals surface area contributed by atoms with Gasteiger partial charge in [-0.3, -0.25) is 0 Å². The number of carboxylic acids is 1. The minimum atomic E-state index is -5.61. The first-order valence-electron chi connectivity index (χ1n) is 12.8. The molecule has 224 valence electrons. The van der Waals surface area contributed by atoms with Crippen LogP contribution in [-0.4, -0.2) is 35.8 Å². The average Bonchev–Trinajstić information content (AvgIpc) is 2.90. The Hall–Kier alpha value is -4.61. The van der Waals surface area contributed by atoms with Crippen molar-refractivity contribution in [2.45, 2.75) is 44.2 Å². The van der Waals surface area contributed by atoms with Gasteiger partial charge in [-0.25, -0.2) is 9.59 Å². The molecule has 7 nitrogen and oxygen atoms in total. The van der Waals surface area contributed by atoms with Crippen molar-refractivity contribution in [3.63, 3.8) is 0 Å². The van der Waals surface area contributed by atoms with Gasteiger partial charge in [0.2, 0.25) is 0 Å². The zero-order chi connectivity index (χ0) is 30.9. The van der Waals surface area contributed by atoms with Crippen molar-refractivity contribution < 1.29 is 46.1 Å². The van der Waals surface area contributed by atoms with E-state index < -0.39 is 36.9 Å². The number of hydrogen-bond acceptors (Lipinski definition) is 6. The summed E-state index contributed by atoms with van der Waals surface area (Å²) < 4.78 is 73.0. The van der Waals surface area contributed by atoms with E-state index in [1.807, 2.05) is 0 Å². The molecule has 3 aromatic carbocycles. The molecule has 0 aliphatic rings. The number of nitrogens with two attached hydrogens (primary N) is 2. The molecule has 0 spiro atoms. The Morgan fingerprint density at radius 3 is 2.00 bits per heavy atom. The maximum absolute atomic E-state index is 12.9. The van der Waals surface area contributed by atoms with Gasteiger partial charge in [-0.2, -0.15) is 22.0 Å². The molecule has 0 fully saturated rings. The fraction of sp³-hybridized carbons (Fsp3) is 0.267. The first-order valence-corrected chi connectivity index (χ1v) is 12.8. The zero-order valence-corrected chi connectivity index (χ0v) is 22.3. The lowest BCUT2D eigenvalue weighted by Gasteiger charge is -2.19. The molecule has 0 saturated heterocycles. The Labute approximate surface area is 238 Å². The summed E-state index contributed by atoms with van der Waals surface area (Å²) in [7, 11) is 0. The summed E-state index contributed by atoms with van der Waals surface area (Å²) in [5.74, 6) is -6.15. The van der Waals surface area contributed by atoms with E-state index in [9.17, 15) is 36.6 Å². The van der Waals surface area contributed by atoms with E-state index in [-0.39, 0.29) is 29.2 Å². The Kier molecular flexibility index (Phi) is 10.5. The fourth-order valence-corrected chi connectivity index (χ4v) is 3.93. The van der Waals surface area contributed by atoms with Crippen LogP contribution in [0.5, 0.6) is 11.5 Å². The topological polar surface area (TPSA) is 125 Å². The van der Waals surface area contributed by atoms with Crippen molar-refractivity contribution in [2.24, 2.45) is 0 Å². The van der Waals surface area contributed by atoms with Crippen LogP contribution in [0.4, 0.5) is 33.3 Å². The third-order valence-electron chi connectivity index (χ3n) is 6.06. The van der Waals surface area contributed by atoms with Crippen molar-refractivity contribution >= 4 is 29.4 Å². The monoisotopic (exact) mass is 592 g/mol. The van der Waals surface area contributed by atoms with Crippen molar-refractivity contribution in [3.05, 3.63) is 89.0 Å². The first kappa shape index (κ1) is 31.9. The van der Waals surface area contributed by atoms with Gasteiger partial charge >= 0.3 is 24.0 Å². The Morgan fingerprint density at radius 1 is 0.833 bits per heavy atom. The molecule has 3 rings (SSSR count). The summed E-state index contributed by atoms with van der Waals surface area (Å²) >= 11 is 0. The highest BCUT2D eigenvalue weighted by Gasteiger charge is 2.56. The van der Waals surface area contributed by atoms with Crippen LogP contribution >= 0.6 is 0 Å². The maximum Gasteiger partial charge on any atom is 0.453 e. The Bertz CT molecular complexity index is 1380. The van der Waals surface area contributed by atoms with Gasteiger partial charge in [-0.1, -0.05) is 12.1 Å². The number of rotatable bonds is 13. The SMILES string of the molecule is Nc1cc(N)cc(CCC/C(=C\c2ccc(OC(=O)c3ccc(OCCCC(F)(F)C(F)(F)F)cc3)cc2)C(=O)O)c1. The highest BCUT2D eigenvalue weighted by Crippen LogP contribution is 2.38. The summed E-state index contributed by atoms with van der Waals surface area (Å²) in [5, 5.41) is 9.60. The summed E-state index contributed by atoms with van der Waals surface area (Å²) in [4.78, 5) is 24.2. The third kappa shape index (κ3) is 9.50. The van der Waals surface area contributed by atoms with E-state index in [0.717, 1.165) is 5.56 Å². The number of ether oxygens (including phenoxy) is 2. The lowest BCUT2D eigenvalue weighted by Crippen LogP contribution is -2.36. The van der Waals surface area contributed by atoms with Gasteiger partial charge in [0.25, 0.3) is 0 Å². The van der Waals surface area contributed by atoms with Gasteiger partial charge in [-0.15, -0.1) is 0 Å². The average molecular weight is 593 g/mol. The number of carboxylic acid groups (broad SMARTS) is 1. The van der Waals surface area contributed by atoms with Crippen LogP contribution in [0, 0.1) is 0 Å². The van der Waals surface area contributed by atoms with Crippen molar-refractivity contribution in [2.75, 3.05) is 18.1 Å². The predicted molar refractivity (Wildman–Crippen MR) is 147 cm³/mol. The molecule has 0 aliphatic heterocycles. The number of aliphatic carboxylic acids is 1. The van der Waals surface area contributed by atoms with Gasteiger partial charge in [-0.05, 0) is 97.5 Å². The van der Waals surface area contributed by atoms with Crippen LogP contribution in [0.1, 0.15) is 47.2 Å². The number of benzene rings is 3. The molecule has 0 atom stereocenters. The molecular formula is C30H29F5N2O5. The van der Waals surface area contributed by atoms with Crippen LogP contribution in [0.3, 0.4) is 0 Å². The van der Waals surface area contributed by atoms with E-state index >= 15 is 0 Å². The molecule has 0 radical (unpaired) electrons. The molecule has 0 bridgehead atoms. The zero-order valence-electron chi connectivity index (χ0n) is 22.3. The molecule has 0 saturated carbocycles. The number of anilines is 2. The van der Waals surface area contributed by atoms with Gasteiger partial charge in [0.05, 0.1) is 12.2 Å². The number of hydrogen-bond donors (Lipinski definition) is 3. The summed E-state index contributed by atoms with van der Waals surface area (Å²) in [5.41, 5.74) is 14.5. The Balaban J connectivity index is 1.50. The van der Waals surface area contributed by atoms with Crippen LogP contribution in [0.2, 0.25) is 0 Å². The third-order valence-corrected chi connectivity index (χ3v) is 6.06. The summed E-state index contributed by atoms with van der Waals surface area (Å²) in [6.07, 6.45) is -4.52. The normalized spacial score (nSPS) is 12.2. The second-order valence-electron chi connectivity index (χ2n) is 9.47. The van der Waals surface area contributed by atoms with E-state index in [0.29, 0.717) is 36.2 Å². The Morgan fingerprint density at radius 2 is 1.43 bits per heavy atom. The van der Waals surface area contributed by atoms with Gasteiger partial charge < -0.3 is 26.0 Å². The molecule has 0 heterocycles. The highest BCUT2D eigenvalue weighted by atomic mass is 19.4. The number of alkyl halides is 5. The predicted octanol–water partition coefficient (Wildman–Crippen LogP) is 6.92. The maximum atomic E-state index is 12.9. The molecular weight excluding hydrogens is 563 g/mol. The quantitative estimate of drug-likeness (QED) is 0.0492. The summed E-state index contributed by atoms with van der Waals surface area (Å²) in [6, 6.07) is 16.9. The molecule has 0 amide bonds. The number of halogens is 5. The number of carbonyl (C=O) groups excluding carboxylic acids is 1. The fourth-order valence-electron chi connectivity index (χ4n) is 3.93. The number of nitrogen functional groups attached to an aromatic ring is 2. The molecule has 0 aromatic heterocycles. The number of carbonyl (C=O) groups is 2. The lowest BCUT2D eigenvalue weighted by molar-refractivity contribution is -0.284. The van der Waals surface area contributed by atoms with Crippen molar-refractivity contribution in [3.8, 4) is 11.5 Å². The first-order chi connectivity index (χ1) is 19.7. The minimum Gasteiger partial charge on any atom is -0.494 e. The smallest absolute Gasteiger partial charge is 0.453 e. The minimum absolute atomic E-state index is 0.144. The van der Waals surface area contributed by atoms with E-state index in [1.54, 1.807) is 30.3 Å². The largest absolute Gasteiger partial charge is 0.494 e. The van der Waals surface area contributed by atoms with Crippen LogP contribution < -0.4 is 20.9 Å². The standard InChI is InChI=1S/C30H29F5N2O5/c31-29(32,30(33,34)35)13-2-14-41-25-11-7-21(8-12-25)28(40)42-26-9-5-19(6-10-26)15-22(27(38)39)4-1-3-20-16-23(36)18-24(37)17-20/h5-12,15-18H,1-4,13-14,36-37H2,(H,38,39)/b22-15+. The van der Waals surface area contributed by atoms with E-state index in [2.05, 4.69) is 0 Å². The number of aryl methyl sites for hydroxylation is 1. The van der Waals surface area contributed by atoms with Gasteiger partial charge in [0.15, 0.2) is 0 Å². The van der Waals surface area contributed by atoms with Crippen molar-refractivity contribution in [1.82, 2.24) is 0 Å². The second-order valence-corrected chi connectivity index (χ2v) is 9.47. The van der Waals surface area contributed by atoms with Crippen molar-refractivity contribution in [1.29, 1.82) is 0 Å². The molecule has 0 unspecified atom stereocenters. The van der Waals surface area contributed by atoms with E-state index in [1.165, 1.54) is 42.5 Å². The van der Waals surface area contributed by atoms with Crippen LogP contribution in [0.25, 0.3) is 6.08 Å². The van der Waals surface area contributed by atoms with E-state index in [4.69, 9.17) is 20.9 Å². The summed E-state index contributed by atoms with van der Waals surface area (Å²) in [6.45, 7) is -0.364. The lowest BCUT2D eigenvalue weighted by atomic mass is 10.0. The molecule has 5 N–H and O–H groups in total. The van der Waals surface area contributed by atoms with Crippen LogP contribution in [0.15, 0.2) is 72.3 Å². The highest BCUT2D eigenvalue weighted by molar-refractivity contribution is 5.92. The molecule has 3 aromatic rings. The molecule has 42 heavy (non-hydrogen) atoms. The second kappa shape index (κ2) is 13.8. The van der Waals surface area contributed by atoms with Gasteiger partial charge in [0, 0.05) is 23.4 Å². The van der Waals surface area contributed by atoms with Crippen LogP contribution in [-0.2, 0) is 11.2 Å². The molecule has 12 heteroatoms. The number of esters is 1.